The lowest BCUT2D eigenvalue weighted by molar-refractivity contribution is -0.120. The van der Waals surface area contributed by atoms with Gasteiger partial charge < -0.3 is 10.1 Å². The summed E-state index contributed by atoms with van der Waals surface area (Å²) in [5.74, 6) is -0.0717. The first-order chi connectivity index (χ1) is 14.4. The van der Waals surface area contributed by atoms with Gasteiger partial charge in [-0.25, -0.2) is 4.90 Å². The normalized spacial score (nSPS) is 14.1. The van der Waals surface area contributed by atoms with Crippen molar-refractivity contribution in [2.45, 2.75) is 20.0 Å². The van der Waals surface area contributed by atoms with Gasteiger partial charge in [-0.2, -0.15) is 0 Å². The van der Waals surface area contributed by atoms with Crippen molar-refractivity contribution in [1.82, 2.24) is 0 Å². The molecule has 0 radical (unpaired) electrons. The molecule has 1 aliphatic rings. The zero-order chi connectivity index (χ0) is 21.3. The highest BCUT2D eigenvalue weighted by Crippen LogP contribution is 2.36. The van der Waals surface area contributed by atoms with Crippen molar-refractivity contribution in [1.29, 1.82) is 0 Å². The van der Waals surface area contributed by atoms with Gasteiger partial charge in [0, 0.05) is 15.6 Å². The van der Waals surface area contributed by atoms with Crippen LogP contribution in [-0.2, 0) is 9.59 Å². The van der Waals surface area contributed by atoms with E-state index in [0.29, 0.717) is 22.0 Å². The number of nitrogens with one attached hydrogen (secondary N) is 1. The largest absolute Gasteiger partial charge is 0.491 e. The van der Waals surface area contributed by atoms with Crippen molar-refractivity contribution < 1.29 is 14.3 Å². The first-order valence-corrected chi connectivity index (χ1v) is 10.7. The number of imide groups is 1. The molecule has 0 saturated carbocycles. The van der Waals surface area contributed by atoms with E-state index in [0.717, 1.165) is 15.5 Å². The van der Waals surface area contributed by atoms with E-state index in [1.54, 1.807) is 24.3 Å². The fourth-order valence-corrected chi connectivity index (χ4v) is 4.13. The summed E-state index contributed by atoms with van der Waals surface area (Å²) in [6.45, 7) is 3.91. The highest BCUT2D eigenvalue weighted by atomic mass is 35.5. The Bertz CT molecular complexity index is 1120. The summed E-state index contributed by atoms with van der Waals surface area (Å²) in [6, 6.07) is 17.7. The SMILES string of the molecule is CC(C)Oc1ccc(NC2=C(c3cccs3)C(=O)N(c3cccc(Cl)c3)C2=O)cc1. The van der Waals surface area contributed by atoms with Gasteiger partial charge >= 0.3 is 0 Å². The van der Waals surface area contributed by atoms with Crippen LogP contribution in [0.1, 0.15) is 18.7 Å². The molecule has 1 N–H and O–H groups in total. The number of hydrogen-bond donors (Lipinski definition) is 1. The molecule has 1 aliphatic heterocycles. The molecule has 5 nitrogen and oxygen atoms in total. The van der Waals surface area contributed by atoms with E-state index in [1.807, 2.05) is 55.6 Å². The van der Waals surface area contributed by atoms with E-state index in [2.05, 4.69) is 5.32 Å². The van der Waals surface area contributed by atoms with Crippen LogP contribution in [0.4, 0.5) is 11.4 Å². The molecular weight excluding hydrogens is 420 g/mol. The highest BCUT2D eigenvalue weighted by molar-refractivity contribution is 7.11. The number of thiophene rings is 1. The molecule has 7 heteroatoms. The lowest BCUT2D eigenvalue weighted by atomic mass is 10.2. The number of ether oxygens (including phenoxy) is 1. The third-order valence-electron chi connectivity index (χ3n) is 4.41. The number of amides is 2. The summed E-state index contributed by atoms with van der Waals surface area (Å²) in [4.78, 5) is 28.4. The average Bonchev–Trinajstić information content (AvgIpc) is 3.30. The summed E-state index contributed by atoms with van der Waals surface area (Å²) in [6.07, 6.45) is 0.0669. The van der Waals surface area contributed by atoms with Crippen molar-refractivity contribution in [3.63, 3.8) is 0 Å². The maximum absolute atomic E-state index is 13.3. The predicted octanol–water partition coefficient (Wildman–Crippen LogP) is 5.59. The first kappa shape index (κ1) is 20.2. The van der Waals surface area contributed by atoms with E-state index in [9.17, 15) is 9.59 Å². The van der Waals surface area contributed by atoms with Crippen molar-refractivity contribution in [2.75, 3.05) is 10.2 Å². The minimum atomic E-state index is -0.423. The van der Waals surface area contributed by atoms with Crippen LogP contribution in [0.15, 0.2) is 71.7 Å². The second kappa shape index (κ2) is 8.34. The van der Waals surface area contributed by atoms with Gasteiger partial charge in [-0.1, -0.05) is 23.7 Å². The van der Waals surface area contributed by atoms with Crippen LogP contribution in [0.2, 0.25) is 5.02 Å². The third-order valence-corrected chi connectivity index (χ3v) is 5.54. The molecule has 152 valence electrons. The summed E-state index contributed by atoms with van der Waals surface area (Å²) in [5, 5.41) is 5.46. The number of carbonyl (C=O) groups excluding carboxylic acids is 2. The minimum Gasteiger partial charge on any atom is -0.491 e. The van der Waals surface area contributed by atoms with E-state index < -0.39 is 5.91 Å². The number of benzene rings is 2. The molecule has 0 unspecified atom stereocenters. The molecule has 0 spiro atoms. The van der Waals surface area contributed by atoms with Crippen molar-refractivity contribution in [3.05, 3.63) is 81.6 Å². The number of carbonyl (C=O) groups is 2. The van der Waals surface area contributed by atoms with Gasteiger partial charge in [0.2, 0.25) is 0 Å². The van der Waals surface area contributed by atoms with Gasteiger partial charge in [-0.05, 0) is 67.8 Å². The summed E-state index contributed by atoms with van der Waals surface area (Å²) in [5.41, 5.74) is 1.70. The van der Waals surface area contributed by atoms with Gasteiger partial charge in [0.15, 0.2) is 0 Å². The second-order valence-electron chi connectivity index (χ2n) is 6.97. The van der Waals surface area contributed by atoms with Crippen LogP contribution in [0.5, 0.6) is 5.75 Å². The molecule has 0 atom stereocenters. The number of rotatable bonds is 6. The van der Waals surface area contributed by atoms with Crippen molar-refractivity contribution in [3.8, 4) is 5.75 Å². The topological polar surface area (TPSA) is 58.6 Å². The molecule has 2 amide bonds. The zero-order valence-electron chi connectivity index (χ0n) is 16.4. The van der Waals surface area contributed by atoms with Gasteiger partial charge in [0.05, 0.1) is 17.4 Å². The molecule has 2 aromatic carbocycles. The maximum atomic E-state index is 13.3. The van der Waals surface area contributed by atoms with Gasteiger partial charge in [0.1, 0.15) is 11.4 Å². The van der Waals surface area contributed by atoms with Crippen LogP contribution in [0, 0.1) is 0 Å². The summed E-state index contributed by atoms with van der Waals surface area (Å²) >= 11 is 7.49. The second-order valence-corrected chi connectivity index (χ2v) is 8.35. The van der Waals surface area contributed by atoms with E-state index in [1.165, 1.54) is 11.3 Å². The Morgan fingerprint density at radius 1 is 1.00 bits per heavy atom. The first-order valence-electron chi connectivity index (χ1n) is 9.40. The van der Waals surface area contributed by atoms with Crippen LogP contribution in [0.3, 0.4) is 0 Å². The van der Waals surface area contributed by atoms with E-state index >= 15 is 0 Å². The van der Waals surface area contributed by atoms with Gasteiger partial charge in [-0.3, -0.25) is 9.59 Å². The molecule has 0 aliphatic carbocycles. The number of anilines is 2. The predicted molar refractivity (Wildman–Crippen MR) is 121 cm³/mol. The van der Waals surface area contributed by atoms with Crippen molar-refractivity contribution >= 4 is 51.7 Å². The Kier molecular flexibility index (Phi) is 5.61. The average molecular weight is 439 g/mol. The van der Waals surface area contributed by atoms with Gasteiger partial charge in [0.25, 0.3) is 11.8 Å². The van der Waals surface area contributed by atoms with E-state index in [4.69, 9.17) is 16.3 Å². The lowest BCUT2D eigenvalue weighted by Crippen LogP contribution is -2.32. The van der Waals surface area contributed by atoms with Crippen molar-refractivity contribution in [2.24, 2.45) is 0 Å². The maximum Gasteiger partial charge on any atom is 0.282 e. The fourth-order valence-electron chi connectivity index (χ4n) is 3.18. The Hall–Kier alpha value is -3.09. The number of halogens is 1. The molecule has 0 saturated heterocycles. The fraction of sp³-hybridized carbons (Fsp3) is 0.130. The van der Waals surface area contributed by atoms with Crippen LogP contribution in [0.25, 0.3) is 5.57 Å². The minimum absolute atomic E-state index is 0.0669. The van der Waals surface area contributed by atoms with Crippen LogP contribution < -0.4 is 15.0 Å². The zero-order valence-corrected chi connectivity index (χ0v) is 18.0. The molecule has 30 heavy (non-hydrogen) atoms. The Balaban J connectivity index is 1.71. The monoisotopic (exact) mass is 438 g/mol. The molecule has 1 aromatic heterocycles. The Labute approximate surface area is 183 Å². The Morgan fingerprint density at radius 2 is 1.77 bits per heavy atom. The quantitative estimate of drug-likeness (QED) is 0.510. The summed E-state index contributed by atoms with van der Waals surface area (Å²) in [7, 11) is 0. The smallest absolute Gasteiger partial charge is 0.282 e. The number of hydrogen-bond acceptors (Lipinski definition) is 5. The molecule has 0 fully saturated rings. The lowest BCUT2D eigenvalue weighted by Gasteiger charge is -2.15. The molecule has 0 bridgehead atoms. The standard InChI is InChI=1S/C23H19ClN2O3S/c1-14(2)29-18-10-8-16(9-11-18)25-21-20(19-7-4-12-30-19)22(27)26(23(21)28)17-6-3-5-15(24)13-17/h3-14,25H,1-2H3. The number of nitrogens with zero attached hydrogens (tertiary/aromatic N) is 1. The molecule has 2 heterocycles. The van der Waals surface area contributed by atoms with Gasteiger partial charge in [-0.15, -0.1) is 11.3 Å². The van der Waals surface area contributed by atoms with Crippen LogP contribution in [-0.4, -0.2) is 17.9 Å². The highest BCUT2D eigenvalue weighted by Gasteiger charge is 2.40. The Morgan fingerprint density at radius 3 is 2.40 bits per heavy atom. The molecule has 4 rings (SSSR count). The third kappa shape index (κ3) is 3.97. The van der Waals surface area contributed by atoms with E-state index in [-0.39, 0.29) is 17.7 Å². The molecule has 3 aromatic rings. The summed E-state index contributed by atoms with van der Waals surface area (Å²) < 4.78 is 5.66. The van der Waals surface area contributed by atoms with Crippen LogP contribution >= 0.6 is 22.9 Å². The molecular formula is C23H19ClN2O3S.